The molecule has 0 saturated carbocycles. The Labute approximate surface area is 104 Å². The molecule has 0 unspecified atom stereocenters. The molecule has 2 rings (SSSR count). The third-order valence-corrected chi connectivity index (χ3v) is 2.60. The highest BCUT2D eigenvalue weighted by atomic mass is 19.1. The number of halogens is 1. The topological polar surface area (TPSA) is 48.8 Å². The van der Waals surface area contributed by atoms with Crippen molar-refractivity contribution in [2.75, 3.05) is 0 Å². The lowest BCUT2D eigenvalue weighted by Crippen LogP contribution is -1.86. The summed E-state index contributed by atoms with van der Waals surface area (Å²) in [4.78, 5) is 2.79. The minimum atomic E-state index is -0.354. The van der Waals surface area contributed by atoms with E-state index in [-0.39, 0.29) is 5.82 Å². The molecule has 0 aliphatic heterocycles. The van der Waals surface area contributed by atoms with Gasteiger partial charge >= 0.3 is 0 Å². The maximum atomic E-state index is 13.8. The van der Waals surface area contributed by atoms with Crippen molar-refractivity contribution in [1.82, 2.24) is 0 Å². The second kappa shape index (κ2) is 5.17. The van der Waals surface area contributed by atoms with Crippen LogP contribution in [0.1, 0.15) is 5.56 Å². The van der Waals surface area contributed by atoms with Gasteiger partial charge in [0.05, 0.1) is 5.69 Å². The SMILES string of the molecule is C=Cc1cccc(-c2ccccc2F)c1N=[N+]=[N-]. The van der Waals surface area contributed by atoms with E-state index in [2.05, 4.69) is 16.6 Å². The van der Waals surface area contributed by atoms with E-state index in [0.29, 0.717) is 22.4 Å². The lowest BCUT2D eigenvalue weighted by Gasteiger charge is -2.09. The fraction of sp³-hybridized carbons (Fsp3) is 0. The quantitative estimate of drug-likeness (QED) is 0.407. The Morgan fingerprint density at radius 1 is 1.11 bits per heavy atom. The molecular weight excluding hydrogens is 229 g/mol. The van der Waals surface area contributed by atoms with E-state index in [9.17, 15) is 4.39 Å². The van der Waals surface area contributed by atoms with Gasteiger partial charge in [0, 0.05) is 10.5 Å². The summed E-state index contributed by atoms with van der Waals surface area (Å²) in [5.74, 6) is -0.354. The van der Waals surface area contributed by atoms with Crippen LogP contribution in [0.15, 0.2) is 54.2 Å². The fourth-order valence-corrected chi connectivity index (χ4v) is 1.78. The van der Waals surface area contributed by atoms with Crippen LogP contribution in [0.2, 0.25) is 0 Å². The van der Waals surface area contributed by atoms with E-state index in [0.717, 1.165) is 0 Å². The van der Waals surface area contributed by atoms with E-state index in [1.165, 1.54) is 6.07 Å². The second-order valence-corrected chi connectivity index (χ2v) is 3.62. The van der Waals surface area contributed by atoms with Crippen molar-refractivity contribution in [3.63, 3.8) is 0 Å². The zero-order valence-electron chi connectivity index (χ0n) is 9.55. The molecule has 88 valence electrons. The van der Waals surface area contributed by atoms with Gasteiger partial charge in [-0.25, -0.2) is 4.39 Å². The zero-order chi connectivity index (χ0) is 13.0. The van der Waals surface area contributed by atoms with Crippen molar-refractivity contribution in [3.05, 3.63) is 70.9 Å². The average Bonchev–Trinajstić information content (AvgIpc) is 2.40. The molecular formula is C14H10FN3. The lowest BCUT2D eigenvalue weighted by molar-refractivity contribution is 0.631. The predicted molar refractivity (Wildman–Crippen MR) is 70.7 cm³/mol. The number of benzene rings is 2. The van der Waals surface area contributed by atoms with Gasteiger partial charge in [-0.3, -0.25) is 0 Å². The molecule has 0 aromatic heterocycles. The van der Waals surface area contributed by atoms with Crippen LogP contribution in [0.4, 0.5) is 10.1 Å². The first kappa shape index (κ1) is 11.9. The summed E-state index contributed by atoms with van der Waals surface area (Å²) in [5, 5.41) is 3.64. The molecule has 0 amide bonds. The number of nitrogens with zero attached hydrogens (tertiary/aromatic N) is 3. The van der Waals surface area contributed by atoms with E-state index in [4.69, 9.17) is 5.53 Å². The Kier molecular flexibility index (Phi) is 3.41. The molecule has 0 radical (unpaired) electrons. The first-order valence-electron chi connectivity index (χ1n) is 5.33. The molecule has 0 fully saturated rings. The highest BCUT2D eigenvalue weighted by Crippen LogP contribution is 2.35. The third-order valence-electron chi connectivity index (χ3n) is 2.60. The van der Waals surface area contributed by atoms with Crippen LogP contribution in [0, 0.1) is 5.82 Å². The Hall–Kier alpha value is -2.58. The molecule has 0 aliphatic rings. The van der Waals surface area contributed by atoms with Crippen molar-refractivity contribution >= 4 is 11.8 Å². The third kappa shape index (κ3) is 2.10. The zero-order valence-corrected chi connectivity index (χ0v) is 9.55. The van der Waals surface area contributed by atoms with Crippen LogP contribution < -0.4 is 0 Å². The Balaban J connectivity index is 2.75. The van der Waals surface area contributed by atoms with Crippen LogP contribution in [0.3, 0.4) is 0 Å². The van der Waals surface area contributed by atoms with Gasteiger partial charge in [-0.05, 0) is 22.7 Å². The minimum absolute atomic E-state index is 0.354. The summed E-state index contributed by atoms with van der Waals surface area (Å²) >= 11 is 0. The minimum Gasteiger partial charge on any atom is -0.206 e. The van der Waals surface area contributed by atoms with Gasteiger partial charge in [0.15, 0.2) is 0 Å². The highest BCUT2D eigenvalue weighted by molar-refractivity contribution is 5.82. The summed E-state index contributed by atoms with van der Waals surface area (Å²) in [7, 11) is 0. The number of rotatable bonds is 3. The van der Waals surface area contributed by atoms with Gasteiger partial charge in [-0.2, -0.15) is 0 Å². The smallest absolute Gasteiger partial charge is 0.131 e. The Morgan fingerprint density at radius 2 is 1.83 bits per heavy atom. The van der Waals surface area contributed by atoms with Gasteiger partial charge in [-0.15, -0.1) is 0 Å². The van der Waals surface area contributed by atoms with Crippen molar-refractivity contribution in [1.29, 1.82) is 0 Å². The predicted octanol–water partition coefficient (Wildman–Crippen LogP) is 5.08. The first-order valence-corrected chi connectivity index (χ1v) is 5.33. The van der Waals surface area contributed by atoms with Gasteiger partial charge in [0.2, 0.25) is 0 Å². The Morgan fingerprint density at radius 3 is 2.50 bits per heavy atom. The van der Waals surface area contributed by atoms with E-state index < -0.39 is 0 Å². The van der Waals surface area contributed by atoms with Crippen LogP contribution >= 0.6 is 0 Å². The summed E-state index contributed by atoms with van der Waals surface area (Å²) in [6.45, 7) is 3.65. The highest BCUT2D eigenvalue weighted by Gasteiger charge is 2.10. The van der Waals surface area contributed by atoms with Gasteiger partial charge in [0.1, 0.15) is 5.82 Å². The molecule has 0 spiro atoms. The maximum absolute atomic E-state index is 13.8. The molecule has 0 aliphatic carbocycles. The molecule has 2 aromatic carbocycles. The van der Waals surface area contributed by atoms with Gasteiger partial charge in [0.25, 0.3) is 0 Å². The maximum Gasteiger partial charge on any atom is 0.131 e. The standard InChI is InChI=1S/C14H10FN3/c1-2-10-6-5-8-12(14(10)17-18-16)11-7-3-4-9-13(11)15/h2-9H,1H2. The molecule has 4 heteroatoms. The molecule has 0 saturated heterocycles. The number of hydrogen-bond donors (Lipinski definition) is 0. The molecule has 0 N–H and O–H groups in total. The summed E-state index contributed by atoms with van der Waals surface area (Å²) in [6.07, 6.45) is 1.58. The van der Waals surface area contributed by atoms with Gasteiger partial charge < -0.3 is 0 Å². The van der Waals surface area contributed by atoms with Gasteiger partial charge in [-0.1, -0.05) is 54.2 Å². The molecule has 2 aromatic rings. The summed E-state index contributed by atoms with van der Waals surface area (Å²) < 4.78 is 13.8. The van der Waals surface area contributed by atoms with Crippen LogP contribution in [-0.2, 0) is 0 Å². The fourth-order valence-electron chi connectivity index (χ4n) is 1.78. The van der Waals surface area contributed by atoms with Crippen molar-refractivity contribution < 1.29 is 4.39 Å². The van der Waals surface area contributed by atoms with E-state index in [1.807, 2.05) is 0 Å². The normalized spacial score (nSPS) is 9.61. The molecule has 0 bridgehead atoms. The van der Waals surface area contributed by atoms with Crippen LogP contribution in [-0.4, -0.2) is 0 Å². The van der Waals surface area contributed by atoms with Crippen LogP contribution in [0.25, 0.3) is 27.6 Å². The number of hydrogen-bond acceptors (Lipinski definition) is 1. The summed E-state index contributed by atoms with van der Waals surface area (Å²) in [5.41, 5.74) is 10.6. The van der Waals surface area contributed by atoms with Crippen LogP contribution in [0.5, 0.6) is 0 Å². The van der Waals surface area contributed by atoms with E-state index in [1.54, 1.807) is 42.5 Å². The van der Waals surface area contributed by atoms with Crippen molar-refractivity contribution in [2.24, 2.45) is 5.11 Å². The molecule has 0 heterocycles. The molecule has 0 atom stereocenters. The second-order valence-electron chi connectivity index (χ2n) is 3.62. The molecule has 18 heavy (non-hydrogen) atoms. The summed E-state index contributed by atoms with van der Waals surface area (Å²) in [6, 6.07) is 11.6. The number of azide groups is 1. The Bertz CT molecular complexity index is 643. The molecule has 3 nitrogen and oxygen atoms in total. The van der Waals surface area contributed by atoms with Crippen molar-refractivity contribution in [2.45, 2.75) is 0 Å². The first-order chi connectivity index (χ1) is 8.77. The van der Waals surface area contributed by atoms with E-state index >= 15 is 0 Å². The van der Waals surface area contributed by atoms with Crippen molar-refractivity contribution in [3.8, 4) is 11.1 Å². The largest absolute Gasteiger partial charge is 0.206 e. The lowest BCUT2D eigenvalue weighted by atomic mass is 10.00. The monoisotopic (exact) mass is 239 g/mol. The average molecular weight is 239 g/mol.